The number of hydrogen-bond donors (Lipinski definition) is 1. The van der Waals surface area contributed by atoms with E-state index in [-0.39, 0.29) is 0 Å². The van der Waals surface area contributed by atoms with Crippen molar-refractivity contribution in [2.45, 2.75) is 39.7 Å². The highest BCUT2D eigenvalue weighted by Crippen LogP contribution is 2.26. The first-order valence-corrected chi connectivity index (χ1v) is 6.67. The molecular formula is C14H22N4. The van der Waals surface area contributed by atoms with Gasteiger partial charge in [-0.1, -0.05) is 20.8 Å². The molecule has 2 aromatic rings. The number of fused-ring (bicyclic) bond motifs is 1. The van der Waals surface area contributed by atoms with Crippen molar-refractivity contribution in [2.75, 3.05) is 6.54 Å². The Bertz CT molecular complexity index is 503. The quantitative estimate of drug-likeness (QED) is 0.881. The average molecular weight is 246 g/mol. The lowest BCUT2D eigenvalue weighted by Crippen LogP contribution is -2.35. The van der Waals surface area contributed by atoms with Crippen LogP contribution in [-0.2, 0) is 0 Å². The molecule has 0 radical (unpaired) electrons. The number of likely N-dealkylation sites (N-methyl/N-ethyl adjacent to an activating group) is 1. The molecule has 2 aromatic heterocycles. The topological polar surface area (TPSA) is 42.2 Å². The van der Waals surface area contributed by atoms with Crippen molar-refractivity contribution in [3.05, 3.63) is 30.2 Å². The van der Waals surface area contributed by atoms with Crippen molar-refractivity contribution in [1.29, 1.82) is 0 Å². The molecule has 0 saturated carbocycles. The molecule has 18 heavy (non-hydrogen) atoms. The molecular weight excluding hydrogens is 224 g/mol. The van der Waals surface area contributed by atoms with E-state index in [1.54, 1.807) is 10.7 Å². The highest BCUT2D eigenvalue weighted by atomic mass is 15.2. The average Bonchev–Trinajstić information content (AvgIpc) is 2.76. The van der Waals surface area contributed by atoms with Crippen LogP contribution in [0.5, 0.6) is 0 Å². The molecule has 0 aliphatic carbocycles. The van der Waals surface area contributed by atoms with Crippen molar-refractivity contribution in [1.82, 2.24) is 19.9 Å². The normalized spacial score (nSPS) is 15.2. The van der Waals surface area contributed by atoms with Crippen LogP contribution in [0.1, 0.15) is 39.3 Å². The van der Waals surface area contributed by atoms with Crippen LogP contribution in [0, 0.1) is 5.92 Å². The van der Waals surface area contributed by atoms with Crippen molar-refractivity contribution >= 4 is 5.65 Å². The molecule has 0 aliphatic heterocycles. The summed E-state index contributed by atoms with van der Waals surface area (Å²) in [5.41, 5.74) is 2.06. The molecule has 4 heteroatoms. The van der Waals surface area contributed by atoms with Gasteiger partial charge >= 0.3 is 0 Å². The van der Waals surface area contributed by atoms with Gasteiger partial charge in [0.05, 0.1) is 6.20 Å². The van der Waals surface area contributed by atoms with E-state index in [2.05, 4.69) is 44.2 Å². The Morgan fingerprint density at radius 2 is 2.06 bits per heavy atom. The van der Waals surface area contributed by atoms with Gasteiger partial charge in [-0.25, -0.2) is 9.50 Å². The minimum absolute atomic E-state index is 0.421. The first kappa shape index (κ1) is 13.0. The maximum Gasteiger partial charge on any atom is 0.155 e. The van der Waals surface area contributed by atoms with E-state index < -0.39 is 0 Å². The fourth-order valence-electron chi connectivity index (χ4n) is 2.64. The van der Waals surface area contributed by atoms with Gasteiger partial charge < -0.3 is 5.32 Å². The molecule has 0 spiro atoms. The molecule has 0 saturated heterocycles. The molecule has 0 bridgehead atoms. The molecule has 2 rings (SSSR count). The van der Waals surface area contributed by atoms with Crippen LogP contribution < -0.4 is 5.32 Å². The monoisotopic (exact) mass is 246 g/mol. The fourth-order valence-corrected chi connectivity index (χ4v) is 2.64. The van der Waals surface area contributed by atoms with Gasteiger partial charge in [0, 0.05) is 29.9 Å². The highest BCUT2D eigenvalue weighted by Gasteiger charge is 2.23. The van der Waals surface area contributed by atoms with Crippen molar-refractivity contribution < 1.29 is 0 Å². The summed E-state index contributed by atoms with van der Waals surface area (Å²) in [6.45, 7) is 9.86. The first-order chi connectivity index (χ1) is 8.63. The van der Waals surface area contributed by atoms with Gasteiger partial charge in [-0.05, 0) is 25.5 Å². The van der Waals surface area contributed by atoms with E-state index >= 15 is 0 Å². The Kier molecular flexibility index (Phi) is 3.97. The molecule has 0 fully saturated rings. The van der Waals surface area contributed by atoms with Crippen LogP contribution in [0.15, 0.2) is 24.5 Å². The van der Waals surface area contributed by atoms with Crippen LogP contribution in [0.2, 0.25) is 0 Å². The SMILES string of the molecule is CCNC(C)C(c1ccn2nccc2n1)C(C)C. The summed E-state index contributed by atoms with van der Waals surface area (Å²) in [6.07, 6.45) is 3.77. The minimum Gasteiger partial charge on any atom is -0.314 e. The molecule has 1 N–H and O–H groups in total. The molecule has 4 nitrogen and oxygen atoms in total. The van der Waals surface area contributed by atoms with E-state index in [0.717, 1.165) is 17.9 Å². The van der Waals surface area contributed by atoms with Crippen LogP contribution in [-0.4, -0.2) is 27.2 Å². The molecule has 2 unspecified atom stereocenters. The maximum atomic E-state index is 4.72. The lowest BCUT2D eigenvalue weighted by molar-refractivity contribution is 0.376. The zero-order valence-corrected chi connectivity index (χ0v) is 11.6. The van der Waals surface area contributed by atoms with Gasteiger partial charge in [0.2, 0.25) is 0 Å². The predicted octanol–water partition coefficient (Wildman–Crippen LogP) is 2.47. The third kappa shape index (κ3) is 2.53. The zero-order valence-electron chi connectivity index (χ0n) is 11.6. The Balaban J connectivity index is 2.34. The largest absolute Gasteiger partial charge is 0.314 e. The third-order valence-electron chi connectivity index (χ3n) is 3.40. The van der Waals surface area contributed by atoms with E-state index in [1.807, 2.05) is 12.3 Å². The van der Waals surface area contributed by atoms with Crippen LogP contribution in [0.3, 0.4) is 0 Å². The lowest BCUT2D eigenvalue weighted by Gasteiger charge is -2.27. The molecule has 98 valence electrons. The van der Waals surface area contributed by atoms with Crippen molar-refractivity contribution in [3.8, 4) is 0 Å². The third-order valence-corrected chi connectivity index (χ3v) is 3.40. The highest BCUT2D eigenvalue weighted by molar-refractivity contribution is 5.37. The molecule has 0 aliphatic rings. The minimum atomic E-state index is 0.421. The van der Waals surface area contributed by atoms with Gasteiger partial charge in [-0.3, -0.25) is 0 Å². The summed E-state index contributed by atoms with van der Waals surface area (Å²) in [4.78, 5) is 4.72. The second kappa shape index (κ2) is 5.48. The Morgan fingerprint density at radius 3 is 2.72 bits per heavy atom. The fraction of sp³-hybridized carbons (Fsp3) is 0.571. The van der Waals surface area contributed by atoms with E-state index in [9.17, 15) is 0 Å². The maximum absolute atomic E-state index is 4.72. The van der Waals surface area contributed by atoms with Crippen LogP contribution in [0.4, 0.5) is 0 Å². The lowest BCUT2D eigenvalue weighted by atomic mass is 9.86. The Labute approximate surface area is 108 Å². The van der Waals surface area contributed by atoms with Crippen molar-refractivity contribution in [2.24, 2.45) is 5.92 Å². The first-order valence-electron chi connectivity index (χ1n) is 6.67. The summed E-state index contributed by atoms with van der Waals surface area (Å²) in [7, 11) is 0. The summed E-state index contributed by atoms with van der Waals surface area (Å²) in [5.74, 6) is 0.974. The van der Waals surface area contributed by atoms with Crippen LogP contribution in [0.25, 0.3) is 5.65 Å². The number of nitrogens with one attached hydrogen (secondary N) is 1. The molecule has 2 atom stereocenters. The smallest absolute Gasteiger partial charge is 0.155 e. The zero-order chi connectivity index (χ0) is 13.1. The van der Waals surface area contributed by atoms with Gasteiger partial charge in [0.25, 0.3) is 0 Å². The molecule has 2 heterocycles. The van der Waals surface area contributed by atoms with Crippen LogP contribution >= 0.6 is 0 Å². The Morgan fingerprint density at radius 1 is 1.28 bits per heavy atom. The molecule has 0 amide bonds. The van der Waals surface area contributed by atoms with Gasteiger partial charge in [-0.15, -0.1) is 0 Å². The van der Waals surface area contributed by atoms with E-state index in [1.165, 1.54) is 0 Å². The van der Waals surface area contributed by atoms with Crippen molar-refractivity contribution in [3.63, 3.8) is 0 Å². The summed E-state index contributed by atoms with van der Waals surface area (Å²) < 4.78 is 1.80. The number of aromatic nitrogens is 3. The number of rotatable bonds is 5. The summed E-state index contributed by atoms with van der Waals surface area (Å²) in [5, 5.41) is 7.69. The van der Waals surface area contributed by atoms with Gasteiger partial charge in [0.15, 0.2) is 5.65 Å². The predicted molar refractivity (Wildman–Crippen MR) is 73.7 cm³/mol. The summed E-state index contributed by atoms with van der Waals surface area (Å²) >= 11 is 0. The number of hydrogen-bond acceptors (Lipinski definition) is 3. The van der Waals surface area contributed by atoms with Gasteiger partial charge in [0.1, 0.15) is 0 Å². The summed E-state index contributed by atoms with van der Waals surface area (Å²) in [6, 6.07) is 4.45. The number of nitrogens with zero attached hydrogens (tertiary/aromatic N) is 3. The standard InChI is InChI=1S/C14H22N4/c1-5-15-11(4)14(10(2)3)12-7-9-18-13(17-12)6-8-16-18/h6-11,14-15H,5H2,1-4H3. The second-order valence-electron chi connectivity index (χ2n) is 5.10. The van der Waals surface area contributed by atoms with Gasteiger partial charge in [-0.2, -0.15) is 5.10 Å². The van der Waals surface area contributed by atoms with E-state index in [0.29, 0.717) is 17.9 Å². The van der Waals surface area contributed by atoms with E-state index in [4.69, 9.17) is 4.98 Å². The second-order valence-corrected chi connectivity index (χ2v) is 5.10. The molecule has 0 aromatic carbocycles. The Hall–Kier alpha value is -1.42.